The predicted octanol–water partition coefficient (Wildman–Crippen LogP) is 3.94. The van der Waals surface area contributed by atoms with Crippen LogP contribution >= 0.6 is 0 Å². The van der Waals surface area contributed by atoms with Gasteiger partial charge in [-0.2, -0.15) is 0 Å². The number of ether oxygens (including phenoxy) is 2. The lowest BCUT2D eigenvalue weighted by molar-refractivity contribution is -0.126. The van der Waals surface area contributed by atoms with Crippen LogP contribution in [0.3, 0.4) is 0 Å². The highest BCUT2D eigenvalue weighted by atomic mass is 16.5. The third-order valence-corrected chi connectivity index (χ3v) is 4.04. The topological polar surface area (TPSA) is 38.8 Å². The highest BCUT2D eigenvalue weighted by Crippen LogP contribution is 2.22. The normalized spacial score (nSPS) is 12.0. The van der Waals surface area contributed by atoms with Crippen molar-refractivity contribution >= 4 is 12.0 Å². The number of rotatable bonds is 6. The highest BCUT2D eigenvalue weighted by Gasteiger charge is 2.15. The monoisotopic (exact) mass is 325 g/mol. The lowest BCUT2D eigenvalue weighted by atomic mass is 10.1. The van der Waals surface area contributed by atoms with Crippen LogP contribution < -0.4 is 9.47 Å². The molecule has 0 aliphatic rings. The van der Waals surface area contributed by atoms with Gasteiger partial charge in [0.25, 0.3) is 0 Å². The second-order valence-corrected chi connectivity index (χ2v) is 5.51. The molecule has 1 unspecified atom stereocenters. The molecule has 0 radical (unpaired) electrons. The minimum atomic E-state index is -0.0545. The van der Waals surface area contributed by atoms with Gasteiger partial charge in [-0.1, -0.05) is 24.3 Å². The summed E-state index contributed by atoms with van der Waals surface area (Å²) in [6, 6.07) is 15.3. The molecule has 0 heterocycles. The molecule has 2 aromatic rings. The lowest BCUT2D eigenvalue weighted by Crippen LogP contribution is -2.27. The number of hydrogen-bond acceptors (Lipinski definition) is 3. The molecule has 0 N–H and O–H groups in total. The van der Waals surface area contributed by atoms with E-state index < -0.39 is 0 Å². The van der Waals surface area contributed by atoms with Gasteiger partial charge in [0.05, 0.1) is 20.3 Å². The Hall–Kier alpha value is -2.75. The summed E-state index contributed by atoms with van der Waals surface area (Å²) < 4.78 is 10.3. The van der Waals surface area contributed by atoms with Crippen molar-refractivity contribution in [2.75, 3.05) is 21.3 Å². The molecule has 24 heavy (non-hydrogen) atoms. The molecule has 126 valence electrons. The Morgan fingerprint density at radius 3 is 2.33 bits per heavy atom. The maximum atomic E-state index is 12.4. The Balaban J connectivity index is 2.05. The molecule has 0 spiro atoms. The standard InChI is InChI=1S/C20H23NO3/c1-15(17-9-11-18(23-3)12-10-17)21(2)20(22)13-8-16-6-5-7-19(14-16)24-4/h5-15H,1-4H3. The highest BCUT2D eigenvalue weighted by molar-refractivity contribution is 5.91. The summed E-state index contributed by atoms with van der Waals surface area (Å²) in [6.07, 6.45) is 3.37. The fraction of sp³-hybridized carbons (Fsp3) is 0.250. The van der Waals surface area contributed by atoms with Gasteiger partial charge in [-0.15, -0.1) is 0 Å². The van der Waals surface area contributed by atoms with Gasteiger partial charge in [0.15, 0.2) is 0 Å². The van der Waals surface area contributed by atoms with E-state index in [-0.39, 0.29) is 11.9 Å². The van der Waals surface area contributed by atoms with E-state index in [1.165, 1.54) is 0 Å². The van der Waals surface area contributed by atoms with E-state index in [0.29, 0.717) is 0 Å². The summed E-state index contributed by atoms with van der Waals surface area (Å²) in [5.41, 5.74) is 1.98. The molecule has 0 saturated carbocycles. The Morgan fingerprint density at radius 2 is 1.71 bits per heavy atom. The van der Waals surface area contributed by atoms with Gasteiger partial charge in [-0.3, -0.25) is 4.79 Å². The second-order valence-electron chi connectivity index (χ2n) is 5.51. The Labute approximate surface area is 143 Å². The van der Waals surface area contributed by atoms with Crippen molar-refractivity contribution in [3.63, 3.8) is 0 Å². The third kappa shape index (κ3) is 4.38. The summed E-state index contributed by atoms with van der Waals surface area (Å²) in [6.45, 7) is 2.00. The Morgan fingerprint density at radius 1 is 1.04 bits per heavy atom. The third-order valence-electron chi connectivity index (χ3n) is 4.04. The van der Waals surface area contributed by atoms with Gasteiger partial charge in [-0.25, -0.2) is 0 Å². The van der Waals surface area contributed by atoms with Crippen molar-refractivity contribution < 1.29 is 14.3 Å². The lowest BCUT2D eigenvalue weighted by Gasteiger charge is -2.24. The van der Waals surface area contributed by atoms with Gasteiger partial charge in [0, 0.05) is 13.1 Å². The fourth-order valence-corrected chi connectivity index (χ4v) is 2.33. The van der Waals surface area contributed by atoms with Crippen LogP contribution in [0, 0.1) is 0 Å². The molecular weight excluding hydrogens is 302 g/mol. The number of amides is 1. The SMILES string of the molecule is COc1ccc(C(C)N(C)C(=O)C=Cc2cccc(OC)c2)cc1. The maximum Gasteiger partial charge on any atom is 0.246 e. The molecule has 0 aromatic heterocycles. The number of nitrogens with zero attached hydrogens (tertiary/aromatic N) is 1. The van der Waals surface area contributed by atoms with Crippen LogP contribution in [-0.2, 0) is 4.79 Å². The first-order chi connectivity index (χ1) is 11.5. The van der Waals surface area contributed by atoms with E-state index in [1.807, 2.05) is 55.5 Å². The molecule has 0 fully saturated rings. The summed E-state index contributed by atoms with van der Waals surface area (Å²) >= 11 is 0. The number of carbonyl (C=O) groups excluding carboxylic acids is 1. The first-order valence-corrected chi connectivity index (χ1v) is 7.78. The molecule has 1 atom stereocenters. The van der Waals surface area contributed by atoms with E-state index in [0.717, 1.165) is 22.6 Å². The largest absolute Gasteiger partial charge is 0.497 e. The smallest absolute Gasteiger partial charge is 0.246 e. The van der Waals surface area contributed by atoms with E-state index in [4.69, 9.17) is 9.47 Å². The van der Waals surface area contributed by atoms with Crippen LogP contribution in [-0.4, -0.2) is 32.1 Å². The summed E-state index contributed by atoms with van der Waals surface area (Å²) in [5, 5.41) is 0. The number of benzene rings is 2. The zero-order valence-corrected chi connectivity index (χ0v) is 14.5. The van der Waals surface area contributed by atoms with Crippen LogP contribution in [0.2, 0.25) is 0 Å². The quantitative estimate of drug-likeness (QED) is 0.755. The summed E-state index contributed by atoms with van der Waals surface area (Å²) in [5.74, 6) is 1.52. The van der Waals surface area contributed by atoms with Crippen molar-refractivity contribution in [1.82, 2.24) is 4.90 Å². The molecule has 2 rings (SSSR count). The Bertz CT molecular complexity index is 707. The molecule has 1 amide bonds. The summed E-state index contributed by atoms with van der Waals surface area (Å²) in [7, 11) is 5.06. The van der Waals surface area contributed by atoms with Gasteiger partial charge in [0.2, 0.25) is 5.91 Å². The van der Waals surface area contributed by atoms with E-state index in [2.05, 4.69) is 0 Å². The average molecular weight is 325 g/mol. The van der Waals surface area contributed by atoms with Crippen molar-refractivity contribution in [2.45, 2.75) is 13.0 Å². The predicted molar refractivity (Wildman–Crippen MR) is 96.2 cm³/mol. The van der Waals surface area contributed by atoms with Gasteiger partial charge in [0.1, 0.15) is 11.5 Å². The van der Waals surface area contributed by atoms with Crippen molar-refractivity contribution in [2.24, 2.45) is 0 Å². The van der Waals surface area contributed by atoms with E-state index >= 15 is 0 Å². The average Bonchev–Trinajstić information content (AvgIpc) is 2.65. The minimum absolute atomic E-state index is 0.0293. The van der Waals surface area contributed by atoms with Crippen LogP contribution in [0.15, 0.2) is 54.6 Å². The van der Waals surface area contributed by atoms with Gasteiger partial charge < -0.3 is 14.4 Å². The van der Waals surface area contributed by atoms with E-state index in [1.54, 1.807) is 38.3 Å². The maximum absolute atomic E-state index is 12.4. The Kier molecular flexibility index (Phi) is 6.01. The number of likely N-dealkylation sites (N-methyl/N-ethyl adjacent to an activating group) is 1. The van der Waals surface area contributed by atoms with Gasteiger partial charge in [-0.05, 0) is 48.4 Å². The first kappa shape index (κ1) is 17.6. The second kappa shape index (κ2) is 8.20. The minimum Gasteiger partial charge on any atom is -0.497 e. The van der Waals surface area contributed by atoms with E-state index in [9.17, 15) is 4.79 Å². The van der Waals surface area contributed by atoms with Crippen molar-refractivity contribution in [3.8, 4) is 11.5 Å². The number of carbonyl (C=O) groups is 1. The number of hydrogen-bond donors (Lipinski definition) is 0. The molecule has 2 aromatic carbocycles. The molecular formula is C20H23NO3. The molecule has 0 aliphatic carbocycles. The van der Waals surface area contributed by atoms with Crippen LogP contribution in [0.25, 0.3) is 6.08 Å². The van der Waals surface area contributed by atoms with Crippen LogP contribution in [0.4, 0.5) is 0 Å². The molecule has 4 nitrogen and oxygen atoms in total. The molecule has 0 saturated heterocycles. The first-order valence-electron chi connectivity index (χ1n) is 7.78. The summed E-state index contributed by atoms with van der Waals surface area (Å²) in [4.78, 5) is 14.1. The molecule has 0 aliphatic heterocycles. The van der Waals surface area contributed by atoms with Crippen molar-refractivity contribution in [1.29, 1.82) is 0 Å². The zero-order valence-electron chi connectivity index (χ0n) is 14.5. The molecule has 0 bridgehead atoms. The zero-order chi connectivity index (χ0) is 17.5. The van der Waals surface area contributed by atoms with Crippen LogP contribution in [0.1, 0.15) is 24.1 Å². The van der Waals surface area contributed by atoms with Gasteiger partial charge >= 0.3 is 0 Å². The molecule has 4 heteroatoms. The van der Waals surface area contributed by atoms with Crippen LogP contribution in [0.5, 0.6) is 11.5 Å². The fourth-order valence-electron chi connectivity index (χ4n) is 2.33. The van der Waals surface area contributed by atoms with Crippen molar-refractivity contribution in [3.05, 3.63) is 65.7 Å². The number of methoxy groups -OCH3 is 2.